The van der Waals surface area contributed by atoms with E-state index in [9.17, 15) is 5.26 Å². The number of nitriles is 1. The van der Waals surface area contributed by atoms with Gasteiger partial charge in [-0.3, -0.25) is 5.10 Å². The molecule has 21 heavy (non-hydrogen) atoms. The van der Waals surface area contributed by atoms with Gasteiger partial charge in [0.1, 0.15) is 17.5 Å². The van der Waals surface area contributed by atoms with E-state index in [2.05, 4.69) is 52.9 Å². The minimum Gasteiger partial charge on any atom is -0.279 e. The molecule has 0 radical (unpaired) electrons. The topological polar surface area (TPSA) is 56.9 Å². The normalized spacial score (nSPS) is 11.8. The molecule has 0 saturated heterocycles. The van der Waals surface area contributed by atoms with Crippen molar-refractivity contribution in [3.05, 3.63) is 46.3 Å². The first kappa shape index (κ1) is 13.9. The molecule has 0 aliphatic carbocycles. The van der Waals surface area contributed by atoms with Crippen molar-refractivity contribution in [1.29, 1.82) is 5.26 Å². The van der Waals surface area contributed by atoms with E-state index >= 15 is 0 Å². The molecule has 1 N–H and O–H groups in total. The van der Waals surface area contributed by atoms with Crippen LogP contribution in [0.5, 0.6) is 0 Å². The van der Waals surface area contributed by atoms with Crippen LogP contribution in [0.2, 0.25) is 0 Å². The van der Waals surface area contributed by atoms with Crippen LogP contribution in [0.25, 0.3) is 16.8 Å². The number of aromatic amines is 1. The first-order valence-electron chi connectivity index (χ1n) is 6.68. The smallest absolute Gasteiger partial charge is 0.172 e. The molecule has 1 aromatic carbocycles. The zero-order chi connectivity index (χ0) is 15.2. The Labute approximate surface area is 131 Å². The number of rotatable bonds is 1. The molecule has 106 valence electrons. The summed E-state index contributed by atoms with van der Waals surface area (Å²) >= 11 is 3.42. The molecule has 0 bridgehead atoms. The van der Waals surface area contributed by atoms with E-state index < -0.39 is 0 Å². The second-order valence-corrected chi connectivity index (χ2v) is 6.97. The summed E-state index contributed by atoms with van der Waals surface area (Å²) in [6, 6.07) is 10.2. The van der Waals surface area contributed by atoms with E-state index in [-0.39, 0.29) is 5.41 Å². The summed E-state index contributed by atoms with van der Waals surface area (Å²) in [6.07, 6.45) is 1.93. The van der Waals surface area contributed by atoms with Crippen molar-refractivity contribution in [2.45, 2.75) is 26.2 Å². The fourth-order valence-electron chi connectivity index (χ4n) is 2.23. The predicted octanol–water partition coefficient (Wildman–Crippen LogP) is 4.26. The highest BCUT2D eigenvalue weighted by Crippen LogP contribution is 2.30. The Balaban J connectivity index is 2.20. The van der Waals surface area contributed by atoms with Gasteiger partial charge in [0.15, 0.2) is 5.65 Å². The van der Waals surface area contributed by atoms with Gasteiger partial charge in [0.2, 0.25) is 0 Å². The lowest BCUT2D eigenvalue weighted by molar-refractivity contribution is 0.545. The van der Waals surface area contributed by atoms with Crippen LogP contribution in [0, 0.1) is 11.3 Å². The number of H-pyrrole nitrogens is 1. The monoisotopic (exact) mass is 342 g/mol. The van der Waals surface area contributed by atoms with Crippen molar-refractivity contribution >= 4 is 21.6 Å². The van der Waals surface area contributed by atoms with Gasteiger partial charge in [-0.2, -0.15) is 5.26 Å². The van der Waals surface area contributed by atoms with E-state index in [1.54, 1.807) is 0 Å². The Morgan fingerprint density at radius 1 is 1.24 bits per heavy atom. The second kappa shape index (κ2) is 4.74. The lowest BCUT2D eigenvalue weighted by atomic mass is 9.96. The summed E-state index contributed by atoms with van der Waals surface area (Å²) in [6.45, 7) is 6.27. The van der Waals surface area contributed by atoms with Crippen molar-refractivity contribution in [3.8, 4) is 17.2 Å². The number of benzene rings is 1. The third-order valence-electron chi connectivity index (χ3n) is 3.40. The van der Waals surface area contributed by atoms with Crippen LogP contribution >= 0.6 is 15.9 Å². The fraction of sp³-hybridized carbons (Fsp3) is 0.250. The van der Waals surface area contributed by atoms with Crippen molar-refractivity contribution in [1.82, 2.24) is 14.6 Å². The highest BCUT2D eigenvalue weighted by atomic mass is 79.9. The zero-order valence-corrected chi connectivity index (χ0v) is 13.7. The molecule has 3 rings (SSSR count). The SMILES string of the molecule is CC(C)(C)c1nc2c(C#N)c(-c3ccc(Br)cc3)cn2[nH]1. The minimum atomic E-state index is -0.0798. The average Bonchev–Trinajstić information content (AvgIpc) is 2.96. The van der Waals surface area contributed by atoms with E-state index in [0.29, 0.717) is 11.2 Å². The number of nitrogens with zero attached hydrogens (tertiary/aromatic N) is 3. The van der Waals surface area contributed by atoms with Crippen LogP contribution in [-0.2, 0) is 5.41 Å². The Morgan fingerprint density at radius 3 is 2.48 bits per heavy atom. The van der Waals surface area contributed by atoms with Crippen LogP contribution in [-0.4, -0.2) is 14.6 Å². The fourth-order valence-corrected chi connectivity index (χ4v) is 2.49. The van der Waals surface area contributed by atoms with Gasteiger partial charge in [-0.15, -0.1) is 0 Å². The quantitative estimate of drug-likeness (QED) is 0.718. The van der Waals surface area contributed by atoms with Crippen LogP contribution in [0.1, 0.15) is 32.2 Å². The summed E-state index contributed by atoms with van der Waals surface area (Å²) in [7, 11) is 0. The Bertz CT molecular complexity index is 841. The molecular formula is C16H15BrN4. The maximum Gasteiger partial charge on any atom is 0.172 e. The first-order valence-corrected chi connectivity index (χ1v) is 7.47. The molecule has 0 spiro atoms. The predicted molar refractivity (Wildman–Crippen MR) is 86.1 cm³/mol. The van der Waals surface area contributed by atoms with Crippen molar-refractivity contribution in [2.75, 3.05) is 0 Å². The molecular weight excluding hydrogens is 328 g/mol. The van der Waals surface area contributed by atoms with Gasteiger partial charge in [0.25, 0.3) is 0 Å². The minimum absolute atomic E-state index is 0.0798. The molecule has 0 atom stereocenters. The molecule has 0 fully saturated rings. The molecule has 0 aliphatic heterocycles. The number of hydrogen-bond acceptors (Lipinski definition) is 2. The largest absolute Gasteiger partial charge is 0.279 e. The Hall–Kier alpha value is -2.06. The van der Waals surface area contributed by atoms with Gasteiger partial charge in [-0.05, 0) is 17.7 Å². The molecule has 2 aromatic heterocycles. The van der Waals surface area contributed by atoms with Gasteiger partial charge in [0, 0.05) is 21.6 Å². The van der Waals surface area contributed by atoms with Crippen molar-refractivity contribution in [3.63, 3.8) is 0 Å². The highest BCUT2D eigenvalue weighted by Gasteiger charge is 2.22. The molecule has 3 aromatic rings. The average molecular weight is 343 g/mol. The summed E-state index contributed by atoms with van der Waals surface area (Å²) in [5, 5.41) is 12.8. The van der Waals surface area contributed by atoms with Crippen LogP contribution in [0.4, 0.5) is 0 Å². The maximum absolute atomic E-state index is 9.51. The van der Waals surface area contributed by atoms with E-state index in [4.69, 9.17) is 0 Å². The van der Waals surface area contributed by atoms with E-state index in [0.717, 1.165) is 21.4 Å². The summed E-state index contributed by atoms with van der Waals surface area (Å²) in [4.78, 5) is 4.59. The van der Waals surface area contributed by atoms with Crippen LogP contribution < -0.4 is 0 Å². The van der Waals surface area contributed by atoms with Gasteiger partial charge >= 0.3 is 0 Å². The zero-order valence-electron chi connectivity index (χ0n) is 12.1. The maximum atomic E-state index is 9.51. The van der Waals surface area contributed by atoms with Gasteiger partial charge in [-0.1, -0.05) is 48.8 Å². The summed E-state index contributed by atoms with van der Waals surface area (Å²) in [5.74, 6) is 0.872. The number of fused-ring (bicyclic) bond motifs is 1. The van der Waals surface area contributed by atoms with E-state index in [1.807, 2.05) is 35.0 Å². The van der Waals surface area contributed by atoms with Crippen molar-refractivity contribution < 1.29 is 0 Å². The van der Waals surface area contributed by atoms with Crippen LogP contribution in [0.15, 0.2) is 34.9 Å². The molecule has 0 aliphatic rings. The number of nitrogens with one attached hydrogen (secondary N) is 1. The highest BCUT2D eigenvalue weighted by molar-refractivity contribution is 9.10. The summed E-state index contributed by atoms with van der Waals surface area (Å²) in [5.41, 5.74) is 3.10. The third-order valence-corrected chi connectivity index (χ3v) is 3.93. The molecule has 0 amide bonds. The number of aromatic nitrogens is 3. The first-order chi connectivity index (χ1) is 9.90. The molecule has 5 heteroatoms. The molecule has 0 saturated carbocycles. The van der Waals surface area contributed by atoms with Crippen molar-refractivity contribution in [2.24, 2.45) is 0 Å². The van der Waals surface area contributed by atoms with Gasteiger partial charge < -0.3 is 0 Å². The Morgan fingerprint density at radius 2 is 1.90 bits per heavy atom. The molecule has 4 nitrogen and oxygen atoms in total. The lowest BCUT2D eigenvalue weighted by Crippen LogP contribution is -2.13. The summed E-state index contributed by atoms with van der Waals surface area (Å²) < 4.78 is 2.85. The van der Waals surface area contributed by atoms with Gasteiger partial charge in [-0.25, -0.2) is 9.50 Å². The number of halogens is 1. The molecule has 0 unspecified atom stereocenters. The standard InChI is InChI=1S/C16H15BrN4/c1-16(2,3)15-19-14-12(8-18)13(9-21(14)20-15)10-4-6-11(17)7-5-10/h4-7,9H,1-3H3,(H,19,20). The second-order valence-electron chi connectivity index (χ2n) is 6.05. The van der Waals surface area contributed by atoms with E-state index in [1.165, 1.54) is 0 Å². The molecule has 2 heterocycles. The third kappa shape index (κ3) is 2.36. The Kier molecular flexibility index (Phi) is 3.14. The number of hydrogen-bond donors (Lipinski definition) is 1. The van der Waals surface area contributed by atoms with Crippen LogP contribution in [0.3, 0.4) is 0 Å². The van der Waals surface area contributed by atoms with Gasteiger partial charge in [0.05, 0.1) is 0 Å². The lowest BCUT2D eigenvalue weighted by Gasteiger charge is -2.13.